The van der Waals surface area contributed by atoms with Gasteiger partial charge < -0.3 is 9.47 Å². The summed E-state index contributed by atoms with van der Waals surface area (Å²) in [7, 11) is 3.19. The van der Waals surface area contributed by atoms with E-state index in [9.17, 15) is 9.59 Å². The number of hydrogen-bond acceptors (Lipinski definition) is 5. The van der Waals surface area contributed by atoms with Crippen LogP contribution in [0.15, 0.2) is 18.2 Å². The number of rotatable bonds is 5. The summed E-state index contributed by atoms with van der Waals surface area (Å²) in [6, 6.07) is 5.82. The van der Waals surface area contributed by atoms with Crippen molar-refractivity contribution in [3.63, 3.8) is 0 Å². The molecule has 1 heterocycles. The summed E-state index contributed by atoms with van der Waals surface area (Å²) in [4.78, 5) is 24.7. The average molecular weight is 292 g/mol. The lowest BCUT2D eigenvalue weighted by Gasteiger charge is -2.31. The molecule has 0 aliphatic carbocycles. The lowest BCUT2D eigenvalue weighted by atomic mass is 10.0. The van der Waals surface area contributed by atoms with E-state index in [0.717, 1.165) is 12.0 Å². The molecule has 0 radical (unpaired) electrons. The number of carbonyl (C=O) groups is 2. The van der Waals surface area contributed by atoms with Gasteiger partial charge in [-0.1, -0.05) is 6.07 Å². The molecule has 0 spiro atoms. The van der Waals surface area contributed by atoms with Gasteiger partial charge in [-0.2, -0.15) is 0 Å². The molecule has 1 aliphatic rings. The summed E-state index contributed by atoms with van der Waals surface area (Å²) in [5.41, 5.74) is 1.07. The Hall–Kier alpha value is -2.08. The molecule has 0 bridgehead atoms. The monoisotopic (exact) mass is 292 g/mol. The zero-order valence-electron chi connectivity index (χ0n) is 12.5. The number of ether oxygens (including phenoxy) is 2. The highest BCUT2D eigenvalue weighted by Crippen LogP contribution is 2.28. The first-order valence-corrected chi connectivity index (χ1v) is 6.81. The van der Waals surface area contributed by atoms with Gasteiger partial charge in [-0.15, -0.1) is 0 Å². The molecule has 1 aliphatic heterocycles. The molecule has 6 heteroatoms. The molecule has 0 aromatic heterocycles. The number of imide groups is 1. The summed E-state index contributed by atoms with van der Waals surface area (Å²) in [5.74, 6) is 0.868. The van der Waals surface area contributed by atoms with Gasteiger partial charge in [-0.25, -0.2) is 0 Å². The van der Waals surface area contributed by atoms with Gasteiger partial charge in [0.1, 0.15) is 0 Å². The van der Waals surface area contributed by atoms with Gasteiger partial charge in [0.2, 0.25) is 11.8 Å². The largest absolute Gasteiger partial charge is 0.493 e. The van der Waals surface area contributed by atoms with Crippen molar-refractivity contribution in [2.75, 3.05) is 27.3 Å². The number of nitrogens with one attached hydrogen (secondary N) is 1. The minimum absolute atomic E-state index is 0.0816. The number of hydrogen-bond donors (Lipinski definition) is 1. The second-order valence-corrected chi connectivity index (χ2v) is 5.12. The van der Waals surface area contributed by atoms with E-state index in [-0.39, 0.29) is 30.9 Å². The highest BCUT2D eigenvalue weighted by Gasteiger charge is 2.26. The molecule has 114 valence electrons. The number of carbonyl (C=O) groups excluding carboxylic acids is 2. The molecule has 1 aromatic carbocycles. The molecule has 21 heavy (non-hydrogen) atoms. The molecule has 6 nitrogen and oxygen atoms in total. The van der Waals surface area contributed by atoms with E-state index >= 15 is 0 Å². The van der Waals surface area contributed by atoms with Crippen LogP contribution in [0, 0.1) is 0 Å². The molecule has 1 saturated heterocycles. The van der Waals surface area contributed by atoms with Gasteiger partial charge >= 0.3 is 0 Å². The predicted molar refractivity (Wildman–Crippen MR) is 77.4 cm³/mol. The van der Waals surface area contributed by atoms with Crippen LogP contribution in [0.3, 0.4) is 0 Å². The molecule has 1 fully saturated rings. The lowest BCUT2D eigenvalue weighted by molar-refractivity contribution is -0.136. The fourth-order valence-corrected chi connectivity index (χ4v) is 2.45. The normalized spacial score (nSPS) is 17.3. The van der Waals surface area contributed by atoms with Crippen LogP contribution < -0.4 is 14.8 Å². The zero-order chi connectivity index (χ0) is 15.4. The second-order valence-electron chi connectivity index (χ2n) is 5.12. The molecule has 1 atom stereocenters. The second kappa shape index (κ2) is 6.58. The quantitative estimate of drug-likeness (QED) is 0.805. The summed E-state index contributed by atoms with van der Waals surface area (Å²) in [5, 5.41) is 2.31. The third kappa shape index (κ3) is 3.72. The Morgan fingerprint density at radius 1 is 1.14 bits per heavy atom. The van der Waals surface area contributed by atoms with Crippen LogP contribution in [0.5, 0.6) is 11.5 Å². The van der Waals surface area contributed by atoms with Crippen LogP contribution in [-0.4, -0.2) is 50.1 Å². The van der Waals surface area contributed by atoms with Crippen molar-refractivity contribution in [3.05, 3.63) is 23.8 Å². The van der Waals surface area contributed by atoms with Gasteiger partial charge in [0, 0.05) is 6.04 Å². The van der Waals surface area contributed by atoms with Crippen molar-refractivity contribution in [2.45, 2.75) is 19.4 Å². The Labute approximate surface area is 124 Å². The van der Waals surface area contributed by atoms with E-state index in [1.807, 2.05) is 30.0 Å². The van der Waals surface area contributed by atoms with E-state index in [0.29, 0.717) is 11.5 Å². The Morgan fingerprint density at radius 3 is 2.33 bits per heavy atom. The Kier molecular flexibility index (Phi) is 4.80. The third-order valence-electron chi connectivity index (χ3n) is 3.57. The van der Waals surface area contributed by atoms with Crippen molar-refractivity contribution in [2.24, 2.45) is 0 Å². The minimum atomic E-state index is -0.245. The van der Waals surface area contributed by atoms with Crippen LogP contribution in [0.2, 0.25) is 0 Å². The minimum Gasteiger partial charge on any atom is -0.493 e. The van der Waals surface area contributed by atoms with E-state index in [4.69, 9.17) is 9.47 Å². The van der Waals surface area contributed by atoms with Crippen LogP contribution in [0.25, 0.3) is 0 Å². The number of methoxy groups -OCH3 is 2. The van der Waals surface area contributed by atoms with Crippen LogP contribution in [-0.2, 0) is 16.0 Å². The highest BCUT2D eigenvalue weighted by molar-refractivity contribution is 5.99. The highest BCUT2D eigenvalue weighted by atomic mass is 16.5. The molecule has 0 saturated carbocycles. The Balaban J connectivity index is 2.06. The number of piperazine rings is 1. The van der Waals surface area contributed by atoms with E-state index in [1.165, 1.54) is 0 Å². The number of benzene rings is 1. The summed E-state index contributed by atoms with van der Waals surface area (Å²) in [6.45, 7) is 2.50. The third-order valence-corrected chi connectivity index (χ3v) is 3.57. The standard InChI is InChI=1S/C15H20N2O4/c1-10(17-8-14(18)16-15(19)9-17)6-11-4-5-12(20-2)13(7-11)21-3/h4-5,7,10H,6,8-9H2,1-3H3,(H,16,18,19). The van der Waals surface area contributed by atoms with Gasteiger partial charge in [0.15, 0.2) is 11.5 Å². The first-order chi connectivity index (χ1) is 10.0. The van der Waals surface area contributed by atoms with Crippen LogP contribution in [0.4, 0.5) is 0 Å². The van der Waals surface area contributed by atoms with Crippen molar-refractivity contribution in [3.8, 4) is 11.5 Å². The average Bonchev–Trinajstić information content (AvgIpc) is 2.46. The molecular weight excluding hydrogens is 272 g/mol. The van der Waals surface area contributed by atoms with Crippen molar-refractivity contribution in [1.29, 1.82) is 0 Å². The maximum absolute atomic E-state index is 11.4. The molecule has 2 rings (SSSR count). The fourth-order valence-electron chi connectivity index (χ4n) is 2.45. The Bertz CT molecular complexity index is 528. The maximum Gasteiger partial charge on any atom is 0.240 e. The van der Waals surface area contributed by atoms with Crippen molar-refractivity contribution < 1.29 is 19.1 Å². The summed E-state index contributed by atoms with van der Waals surface area (Å²) in [6.07, 6.45) is 0.723. The fraction of sp³-hybridized carbons (Fsp3) is 0.467. The molecule has 1 unspecified atom stereocenters. The topological polar surface area (TPSA) is 67.9 Å². The van der Waals surface area contributed by atoms with Gasteiger partial charge in [-0.3, -0.25) is 19.8 Å². The smallest absolute Gasteiger partial charge is 0.240 e. The summed E-state index contributed by atoms with van der Waals surface area (Å²) >= 11 is 0. The van der Waals surface area contributed by atoms with E-state index < -0.39 is 0 Å². The SMILES string of the molecule is COc1ccc(CC(C)N2CC(=O)NC(=O)C2)cc1OC. The van der Waals surface area contributed by atoms with Crippen molar-refractivity contribution in [1.82, 2.24) is 10.2 Å². The number of nitrogens with zero attached hydrogens (tertiary/aromatic N) is 1. The van der Waals surface area contributed by atoms with Gasteiger partial charge in [-0.05, 0) is 31.0 Å². The predicted octanol–water partition coefficient (Wildman–Crippen LogP) is 0.593. The van der Waals surface area contributed by atoms with Gasteiger partial charge in [0.05, 0.1) is 27.3 Å². The van der Waals surface area contributed by atoms with Gasteiger partial charge in [0.25, 0.3) is 0 Å². The number of amides is 2. The first-order valence-electron chi connectivity index (χ1n) is 6.81. The molecule has 1 N–H and O–H groups in total. The zero-order valence-corrected chi connectivity index (χ0v) is 12.5. The lowest BCUT2D eigenvalue weighted by Crippen LogP contribution is -2.54. The molecular formula is C15H20N2O4. The summed E-state index contributed by atoms with van der Waals surface area (Å²) < 4.78 is 10.5. The Morgan fingerprint density at radius 2 is 1.76 bits per heavy atom. The molecule has 2 amide bonds. The maximum atomic E-state index is 11.4. The van der Waals surface area contributed by atoms with Crippen molar-refractivity contribution >= 4 is 11.8 Å². The van der Waals surface area contributed by atoms with E-state index in [2.05, 4.69) is 5.32 Å². The van der Waals surface area contributed by atoms with Crippen LogP contribution in [0.1, 0.15) is 12.5 Å². The van der Waals surface area contributed by atoms with Crippen LogP contribution >= 0.6 is 0 Å². The first kappa shape index (κ1) is 15.3. The van der Waals surface area contributed by atoms with E-state index in [1.54, 1.807) is 14.2 Å². The molecule has 1 aromatic rings.